The summed E-state index contributed by atoms with van der Waals surface area (Å²) in [7, 11) is 0. The van der Waals surface area contributed by atoms with Gasteiger partial charge in [-0.25, -0.2) is 0 Å². The van der Waals surface area contributed by atoms with Crippen LogP contribution >= 0.6 is 11.3 Å². The first kappa shape index (κ1) is 12.6. The van der Waals surface area contributed by atoms with Crippen LogP contribution in [0, 0.1) is 0 Å². The van der Waals surface area contributed by atoms with Gasteiger partial charge in [-0.15, -0.1) is 0 Å². The van der Waals surface area contributed by atoms with Gasteiger partial charge in [0.05, 0.1) is 4.88 Å². The molecule has 20 heavy (non-hydrogen) atoms. The molecule has 0 N–H and O–H groups in total. The first-order chi connectivity index (χ1) is 9.86. The van der Waals surface area contributed by atoms with Crippen molar-refractivity contribution in [2.24, 2.45) is 0 Å². The Morgan fingerprint density at radius 2 is 1.60 bits per heavy atom. The van der Waals surface area contributed by atoms with Gasteiger partial charge in [0.15, 0.2) is 11.3 Å². The van der Waals surface area contributed by atoms with Gasteiger partial charge in [0.2, 0.25) is 0 Å². The molecule has 3 aromatic rings. The van der Waals surface area contributed by atoms with E-state index < -0.39 is 0 Å². The molecule has 2 aromatic carbocycles. The lowest BCUT2D eigenvalue weighted by Crippen LogP contribution is -1.85. The predicted molar refractivity (Wildman–Crippen MR) is 81.7 cm³/mol. The fraction of sp³-hybridized carbons (Fsp3) is 0. The van der Waals surface area contributed by atoms with Gasteiger partial charge < -0.3 is 4.74 Å². The zero-order valence-corrected chi connectivity index (χ0v) is 11.5. The number of aldehydes is 1. The van der Waals surface area contributed by atoms with Gasteiger partial charge in [-0.05, 0) is 23.8 Å². The number of ether oxygens (including phenoxy) is 1. The van der Waals surface area contributed by atoms with E-state index in [1.165, 1.54) is 11.3 Å². The normalized spacial score (nSPS) is 10.2. The van der Waals surface area contributed by atoms with E-state index in [0.29, 0.717) is 4.88 Å². The summed E-state index contributed by atoms with van der Waals surface area (Å²) in [4.78, 5) is 11.4. The van der Waals surface area contributed by atoms with Crippen molar-refractivity contribution in [2.45, 2.75) is 0 Å². The summed E-state index contributed by atoms with van der Waals surface area (Å²) in [6.45, 7) is 0. The van der Waals surface area contributed by atoms with Crippen LogP contribution in [0.25, 0.3) is 11.1 Å². The maximum Gasteiger partial charge on any atom is 0.181 e. The van der Waals surface area contributed by atoms with Crippen LogP contribution < -0.4 is 4.74 Å². The highest BCUT2D eigenvalue weighted by atomic mass is 32.1. The van der Waals surface area contributed by atoms with Crippen LogP contribution in [-0.4, -0.2) is 6.29 Å². The molecule has 3 rings (SSSR count). The summed E-state index contributed by atoms with van der Waals surface area (Å²) in [5.41, 5.74) is 2.14. The minimum absolute atomic E-state index is 0.664. The van der Waals surface area contributed by atoms with Crippen LogP contribution in [0.2, 0.25) is 0 Å². The van der Waals surface area contributed by atoms with Gasteiger partial charge in [-0.2, -0.15) is 0 Å². The molecule has 2 nitrogen and oxygen atoms in total. The average molecular weight is 280 g/mol. The smallest absolute Gasteiger partial charge is 0.181 e. The Balaban J connectivity index is 1.96. The molecule has 0 saturated heterocycles. The summed E-state index contributed by atoms with van der Waals surface area (Å²) in [5.74, 6) is 0.790. The lowest BCUT2D eigenvalue weighted by molar-refractivity contribution is 0.112. The summed E-state index contributed by atoms with van der Waals surface area (Å²) in [6.07, 6.45) is 0.834. The minimum Gasteiger partial charge on any atom is -0.446 e. The van der Waals surface area contributed by atoms with E-state index in [-0.39, 0.29) is 0 Å². The maximum atomic E-state index is 10.7. The second-order valence-corrected chi connectivity index (χ2v) is 5.32. The van der Waals surface area contributed by atoms with Gasteiger partial charge >= 0.3 is 0 Å². The number of thiophene rings is 1. The molecule has 0 aliphatic heterocycles. The third-order valence-corrected chi connectivity index (χ3v) is 3.79. The summed E-state index contributed by atoms with van der Waals surface area (Å²) in [5, 5.41) is 0.718. The Hall–Kier alpha value is -2.39. The lowest BCUT2D eigenvalue weighted by Gasteiger charge is -2.09. The molecule has 98 valence electrons. The lowest BCUT2D eigenvalue weighted by atomic mass is 10.1. The van der Waals surface area contributed by atoms with Crippen LogP contribution in [0.3, 0.4) is 0 Å². The quantitative estimate of drug-likeness (QED) is 0.627. The van der Waals surface area contributed by atoms with Crippen LogP contribution in [0.15, 0.2) is 66.7 Å². The molecule has 0 aliphatic carbocycles. The molecule has 0 aliphatic rings. The molecule has 1 aromatic heterocycles. The Bertz CT molecular complexity index is 717. The van der Waals surface area contributed by atoms with Gasteiger partial charge in [0.1, 0.15) is 5.75 Å². The van der Waals surface area contributed by atoms with Crippen molar-refractivity contribution in [3.8, 4) is 21.9 Å². The highest BCUT2D eigenvalue weighted by molar-refractivity contribution is 7.15. The number of rotatable bonds is 4. The van der Waals surface area contributed by atoms with E-state index in [0.717, 1.165) is 28.2 Å². The van der Waals surface area contributed by atoms with Crippen molar-refractivity contribution in [3.05, 3.63) is 71.6 Å². The van der Waals surface area contributed by atoms with E-state index in [4.69, 9.17) is 4.74 Å². The number of carbonyl (C=O) groups excluding carboxylic acids is 1. The largest absolute Gasteiger partial charge is 0.446 e. The molecule has 0 unspecified atom stereocenters. The standard InChI is InChI=1S/C17H12O2S/c18-12-14-10-11-17(20-14)19-16-9-5-4-8-15(16)13-6-2-1-3-7-13/h1-12H. The summed E-state index contributed by atoms with van der Waals surface area (Å²) < 4.78 is 5.91. The third-order valence-electron chi connectivity index (χ3n) is 2.90. The van der Waals surface area contributed by atoms with Crippen molar-refractivity contribution < 1.29 is 9.53 Å². The fourth-order valence-electron chi connectivity index (χ4n) is 1.97. The molecular weight excluding hydrogens is 268 g/mol. The summed E-state index contributed by atoms with van der Waals surface area (Å²) >= 11 is 1.34. The second-order valence-electron chi connectivity index (χ2n) is 4.24. The van der Waals surface area contributed by atoms with Crippen LogP contribution in [0.5, 0.6) is 10.8 Å². The Labute approximate surface area is 121 Å². The molecule has 0 fully saturated rings. The van der Waals surface area contributed by atoms with Crippen LogP contribution in [0.4, 0.5) is 0 Å². The number of benzene rings is 2. The molecule has 0 bridgehead atoms. The van der Waals surface area contributed by atoms with E-state index in [1.54, 1.807) is 6.07 Å². The van der Waals surface area contributed by atoms with Crippen molar-refractivity contribution in [3.63, 3.8) is 0 Å². The molecule has 0 amide bonds. The monoisotopic (exact) mass is 280 g/mol. The molecule has 3 heteroatoms. The highest BCUT2D eigenvalue weighted by Crippen LogP contribution is 2.35. The topological polar surface area (TPSA) is 26.3 Å². The number of hydrogen-bond acceptors (Lipinski definition) is 3. The first-order valence-electron chi connectivity index (χ1n) is 6.24. The Kier molecular flexibility index (Phi) is 3.61. The molecule has 1 heterocycles. The van der Waals surface area contributed by atoms with Crippen molar-refractivity contribution in [1.29, 1.82) is 0 Å². The number of carbonyl (C=O) groups is 1. The minimum atomic E-state index is 0.664. The second kappa shape index (κ2) is 5.72. The average Bonchev–Trinajstić information content (AvgIpc) is 2.96. The molecule has 0 saturated carbocycles. The Morgan fingerprint density at radius 3 is 2.35 bits per heavy atom. The molecule has 0 spiro atoms. The van der Waals surface area contributed by atoms with Gasteiger partial charge in [-0.3, -0.25) is 4.79 Å². The molecular formula is C17H12O2S. The highest BCUT2D eigenvalue weighted by Gasteiger charge is 2.08. The number of para-hydroxylation sites is 1. The van der Waals surface area contributed by atoms with Crippen molar-refractivity contribution >= 4 is 17.6 Å². The third kappa shape index (κ3) is 2.63. The van der Waals surface area contributed by atoms with Gasteiger partial charge in [0, 0.05) is 5.56 Å². The van der Waals surface area contributed by atoms with E-state index in [2.05, 4.69) is 0 Å². The van der Waals surface area contributed by atoms with Crippen LogP contribution in [-0.2, 0) is 0 Å². The van der Waals surface area contributed by atoms with Gasteiger partial charge in [0.25, 0.3) is 0 Å². The van der Waals surface area contributed by atoms with E-state index >= 15 is 0 Å². The van der Waals surface area contributed by atoms with E-state index in [1.807, 2.05) is 60.7 Å². The zero-order chi connectivity index (χ0) is 13.8. The summed E-state index contributed by atoms with van der Waals surface area (Å²) in [6, 6.07) is 21.6. The van der Waals surface area contributed by atoms with Crippen LogP contribution in [0.1, 0.15) is 9.67 Å². The SMILES string of the molecule is O=Cc1ccc(Oc2ccccc2-c2ccccc2)s1. The maximum absolute atomic E-state index is 10.7. The Morgan fingerprint density at radius 1 is 0.850 bits per heavy atom. The first-order valence-corrected chi connectivity index (χ1v) is 7.06. The predicted octanol–water partition coefficient (Wildman–Crippen LogP) is 5.02. The molecule has 0 atom stereocenters. The van der Waals surface area contributed by atoms with Gasteiger partial charge in [-0.1, -0.05) is 59.9 Å². The number of hydrogen-bond donors (Lipinski definition) is 0. The van der Waals surface area contributed by atoms with E-state index in [9.17, 15) is 4.79 Å². The molecule has 0 radical (unpaired) electrons. The fourth-order valence-corrected chi connectivity index (χ4v) is 2.66. The van der Waals surface area contributed by atoms with Crippen molar-refractivity contribution in [2.75, 3.05) is 0 Å². The van der Waals surface area contributed by atoms with Crippen molar-refractivity contribution in [1.82, 2.24) is 0 Å². The zero-order valence-electron chi connectivity index (χ0n) is 10.7.